The van der Waals surface area contributed by atoms with Crippen molar-refractivity contribution in [2.24, 2.45) is 4.99 Å². The van der Waals surface area contributed by atoms with E-state index in [1.54, 1.807) is 12.1 Å². The van der Waals surface area contributed by atoms with Crippen molar-refractivity contribution < 1.29 is 14.3 Å². The average Bonchev–Trinajstić information content (AvgIpc) is 2.80. The van der Waals surface area contributed by atoms with Gasteiger partial charge < -0.3 is 9.47 Å². The molecule has 0 aliphatic carbocycles. The Morgan fingerprint density at radius 3 is 2.67 bits per heavy atom. The van der Waals surface area contributed by atoms with E-state index in [9.17, 15) is 4.79 Å². The third-order valence-electron chi connectivity index (χ3n) is 3.89. The Hall–Kier alpha value is -2.14. The van der Waals surface area contributed by atoms with Gasteiger partial charge >= 0.3 is 5.97 Å². The molecule has 0 spiro atoms. The number of benzene rings is 2. The third-order valence-corrected chi connectivity index (χ3v) is 4.38. The average molecular weight is 388 g/mol. The molecule has 0 bridgehead atoms. The van der Waals surface area contributed by atoms with Gasteiger partial charge in [0, 0.05) is 10.0 Å². The number of carbonyl (C=O) groups is 1. The van der Waals surface area contributed by atoms with Gasteiger partial charge in [0.2, 0.25) is 5.90 Å². The molecule has 1 unspecified atom stereocenters. The number of fused-ring (bicyclic) bond motifs is 1. The maximum absolute atomic E-state index is 12.4. The normalized spacial score (nSPS) is 18.7. The number of nitrogens with zero attached hydrogens (tertiary/aromatic N) is 1. The molecule has 3 rings (SSSR count). The van der Waals surface area contributed by atoms with Crippen LogP contribution in [0.5, 0.6) is 5.75 Å². The highest BCUT2D eigenvalue weighted by Crippen LogP contribution is 2.40. The summed E-state index contributed by atoms with van der Waals surface area (Å²) in [7, 11) is 0. The lowest BCUT2D eigenvalue weighted by Crippen LogP contribution is -2.24. The SMILES string of the molecule is CCOC1=NC(C)(CC(=O)Oc2ccccc2)c2cc(Br)ccc21. The summed E-state index contributed by atoms with van der Waals surface area (Å²) < 4.78 is 12.0. The first-order valence-corrected chi connectivity index (χ1v) is 8.60. The Balaban J connectivity index is 1.86. The first-order valence-electron chi connectivity index (χ1n) is 7.80. The predicted molar refractivity (Wildman–Crippen MR) is 96.4 cm³/mol. The zero-order valence-electron chi connectivity index (χ0n) is 13.6. The lowest BCUT2D eigenvalue weighted by atomic mass is 9.89. The molecule has 1 heterocycles. The van der Waals surface area contributed by atoms with Gasteiger partial charge in [0.25, 0.3) is 0 Å². The Morgan fingerprint density at radius 1 is 1.21 bits per heavy atom. The molecule has 124 valence electrons. The zero-order chi connectivity index (χ0) is 17.2. The molecule has 2 aromatic carbocycles. The second-order valence-corrected chi connectivity index (χ2v) is 6.69. The van der Waals surface area contributed by atoms with Gasteiger partial charge in [0.1, 0.15) is 5.75 Å². The molecular weight excluding hydrogens is 370 g/mol. The molecule has 24 heavy (non-hydrogen) atoms. The number of halogens is 1. The minimum absolute atomic E-state index is 0.141. The van der Waals surface area contributed by atoms with Crippen LogP contribution in [0.1, 0.15) is 31.4 Å². The molecular formula is C19H18BrNO3. The van der Waals surface area contributed by atoms with E-state index >= 15 is 0 Å². The summed E-state index contributed by atoms with van der Waals surface area (Å²) in [5, 5.41) is 0. The Morgan fingerprint density at radius 2 is 1.96 bits per heavy atom. The van der Waals surface area contributed by atoms with Crippen molar-refractivity contribution in [2.75, 3.05) is 6.61 Å². The van der Waals surface area contributed by atoms with Crippen LogP contribution < -0.4 is 4.74 Å². The first-order chi connectivity index (χ1) is 11.5. The number of hydrogen-bond acceptors (Lipinski definition) is 4. The molecule has 4 nitrogen and oxygen atoms in total. The summed E-state index contributed by atoms with van der Waals surface area (Å²) in [5.74, 6) is 0.790. The van der Waals surface area contributed by atoms with Crippen molar-refractivity contribution in [3.05, 3.63) is 64.1 Å². The van der Waals surface area contributed by atoms with Gasteiger partial charge in [-0.1, -0.05) is 34.1 Å². The van der Waals surface area contributed by atoms with Crippen LogP contribution in [0.15, 0.2) is 58.0 Å². The minimum atomic E-state index is -0.699. The molecule has 0 aromatic heterocycles. The van der Waals surface area contributed by atoms with E-state index in [1.807, 2.05) is 50.2 Å². The van der Waals surface area contributed by atoms with E-state index in [2.05, 4.69) is 20.9 Å². The van der Waals surface area contributed by atoms with Gasteiger partial charge in [-0.05, 0) is 49.7 Å². The molecule has 0 saturated carbocycles. The van der Waals surface area contributed by atoms with Crippen molar-refractivity contribution in [3.8, 4) is 5.75 Å². The molecule has 1 aliphatic rings. The number of esters is 1. The van der Waals surface area contributed by atoms with Crippen LogP contribution in [0.3, 0.4) is 0 Å². The van der Waals surface area contributed by atoms with Gasteiger partial charge in [-0.3, -0.25) is 4.79 Å². The van der Waals surface area contributed by atoms with Crippen LogP contribution >= 0.6 is 15.9 Å². The number of ether oxygens (including phenoxy) is 2. The van der Waals surface area contributed by atoms with Crippen molar-refractivity contribution in [1.82, 2.24) is 0 Å². The highest BCUT2D eigenvalue weighted by atomic mass is 79.9. The Bertz CT molecular complexity index is 788. The van der Waals surface area contributed by atoms with Gasteiger partial charge in [-0.2, -0.15) is 0 Å². The molecule has 0 fully saturated rings. The first kappa shape index (κ1) is 16.7. The fourth-order valence-corrected chi connectivity index (χ4v) is 3.17. The van der Waals surface area contributed by atoms with E-state index < -0.39 is 5.54 Å². The zero-order valence-corrected chi connectivity index (χ0v) is 15.2. The monoisotopic (exact) mass is 387 g/mol. The Kier molecular flexibility index (Phi) is 4.71. The summed E-state index contributed by atoms with van der Waals surface area (Å²) in [5.41, 5.74) is 1.19. The molecule has 0 N–H and O–H groups in total. The van der Waals surface area contributed by atoms with Crippen LogP contribution in [-0.2, 0) is 15.1 Å². The molecule has 2 aromatic rings. The smallest absolute Gasteiger partial charge is 0.314 e. The van der Waals surface area contributed by atoms with E-state index in [0.717, 1.165) is 15.6 Å². The summed E-state index contributed by atoms with van der Waals surface area (Å²) in [6.07, 6.45) is 0.141. The number of carbonyl (C=O) groups excluding carboxylic acids is 1. The maximum Gasteiger partial charge on any atom is 0.314 e. The van der Waals surface area contributed by atoms with E-state index in [0.29, 0.717) is 18.3 Å². The van der Waals surface area contributed by atoms with Crippen LogP contribution in [0, 0.1) is 0 Å². The number of rotatable bonds is 4. The molecule has 0 radical (unpaired) electrons. The van der Waals surface area contributed by atoms with Crippen LogP contribution in [-0.4, -0.2) is 18.5 Å². The predicted octanol–water partition coefficient (Wildman–Crippen LogP) is 4.46. The van der Waals surface area contributed by atoms with Crippen LogP contribution in [0.25, 0.3) is 0 Å². The summed E-state index contributed by atoms with van der Waals surface area (Å²) in [4.78, 5) is 17.1. The molecule has 0 amide bonds. The van der Waals surface area contributed by atoms with Gasteiger partial charge in [0.15, 0.2) is 0 Å². The highest BCUT2D eigenvalue weighted by Gasteiger charge is 2.39. The minimum Gasteiger partial charge on any atom is -0.478 e. The third kappa shape index (κ3) is 3.36. The summed E-state index contributed by atoms with van der Waals surface area (Å²) >= 11 is 3.49. The van der Waals surface area contributed by atoms with E-state index in [-0.39, 0.29) is 12.4 Å². The number of hydrogen-bond donors (Lipinski definition) is 0. The second kappa shape index (κ2) is 6.77. The summed E-state index contributed by atoms with van der Waals surface area (Å²) in [6, 6.07) is 14.9. The lowest BCUT2D eigenvalue weighted by Gasteiger charge is -2.21. The second-order valence-electron chi connectivity index (χ2n) is 5.78. The van der Waals surface area contributed by atoms with Gasteiger partial charge in [0.05, 0.1) is 18.6 Å². The Labute approximate surface area is 149 Å². The number of para-hydroxylation sites is 1. The van der Waals surface area contributed by atoms with Crippen LogP contribution in [0.4, 0.5) is 0 Å². The number of aliphatic imine (C=N–C) groups is 1. The van der Waals surface area contributed by atoms with Gasteiger partial charge in [-0.25, -0.2) is 4.99 Å². The fourth-order valence-electron chi connectivity index (χ4n) is 2.81. The lowest BCUT2D eigenvalue weighted by molar-refractivity contribution is -0.135. The van der Waals surface area contributed by atoms with Crippen molar-refractivity contribution in [1.29, 1.82) is 0 Å². The van der Waals surface area contributed by atoms with Crippen LogP contribution in [0.2, 0.25) is 0 Å². The van der Waals surface area contributed by atoms with Crippen molar-refractivity contribution >= 4 is 27.8 Å². The van der Waals surface area contributed by atoms with E-state index in [4.69, 9.17) is 9.47 Å². The molecule has 1 atom stereocenters. The summed E-state index contributed by atoms with van der Waals surface area (Å²) in [6.45, 7) is 4.37. The topological polar surface area (TPSA) is 47.9 Å². The van der Waals surface area contributed by atoms with E-state index in [1.165, 1.54) is 0 Å². The molecule has 5 heteroatoms. The van der Waals surface area contributed by atoms with Crippen molar-refractivity contribution in [2.45, 2.75) is 25.8 Å². The molecule has 0 saturated heterocycles. The quantitative estimate of drug-likeness (QED) is 0.574. The molecule has 1 aliphatic heterocycles. The standard InChI is InChI=1S/C19H18BrNO3/c1-3-23-18-15-10-9-13(20)11-16(15)19(2,21-18)12-17(22)24-14-7-5-4-6-8-14/h4-11H,3,12H2,1-2H3. The van der Waals surface area contributed by atoms with Crippen molar-refractivity contribution in [3.63, 3.8) is 0 Å². The fraction of sp³-hybridized carbons (Fsp3) is 0.263. The largest absolute Gasteiger partial charge is 0.478 e. The highest BCUT2D eigenvalue weighted by molar-refractivity contribution is 9.10. The maximum atomic E-state index is 12.4. The van der Waals surface area contributed by atoms with Gasteiger partial charge in [-0.15, -0.1) is 0 Å².